The Morgan fingerprint density at radius 3 is 2.31 bits per heavy atom. The van der Waals surface area contributed by atoms with Crippen LogP contribution in [0.5, 0.6) is 0 Å². The van der Waals surface area contributed by atoms with E-state index in [-0.39, 0.29) is 5.56 Å². The van der Waals surface area contributed by atoms with E-state index < -0.39 is 0 Å². The molecular formula is C27H28N4O. The number of rotatable bonds is 4. The van der Waals surface area contributed by atoms with Gasteiger partial charge in [0, 0.05) is 66.9 Å². The molecule has 5 rings (SSSR count). The number of pyridine rings is 2. The van der Waals surface area contributed by atoms with Gasteiger partial charge < -0.3 is 9.88 Å². The van der Waals surface area contributed by atoms with Crippen molar-refractivity contribution in [2.24, 2.45) is 0 Å². The molecule has 32 heavy (non-hydrogen) atoms. The van der Waals surface area contributed by atoms with Crippen LogP contribution in [-0.4, -0.2) is 47.1 Å². The molecule has 1 fully saturated rings. The first-order valence-electron chi connectivity index (χ1n) is 11.3. The molecule has 2 aromatic heterocycles. The van der Waals surface area contributed by atoms with Crippen LogP contribution in [-0.2, 0) is 0 Å². The van der Waals surface area contributed by atoms with E-state index in [2.05, 4.69) is 70.0 Å². The third kappa shape index (κ3) is 4.04. The summed E-state index contributed by atoms with van der Waals surface area (Å²) in [5.74, 6) is 0. The highest BCUT2D eigenvalue weighted by Gasteiger charge is 2.19. The molecule has 1 N–H and O–H groups in total. The number of aromatic amines is 1. The van der Waals surface area contributed by atoms with E-state index in [0.29, 0.717) is 11.6 Å². The van der Waals surface area contributed by atoms with Gasteiger partial charge in [0.1, 0.15) is 0 Å². The monoisotopic (exact) mass is 424 g/mol. The molecule has 0 aliphatic carbocycles. The zero-order valence-corrected chi connectivity index (χ0v) is 18.6. The molecule has 5 heteroatoms. The highest BCUT2D eigenvalue weighted by atomic mass is 16.1. The van der Waals surface area contributed by atoms with Gasteiger partial charge in [-0.3, -0.25) is 14.7 Å². The largest absolute Gasteiger partial charge is 0.369 e. The lowest BCUT2D eigenvalue weighted by Crippen LogP contribution is -2.48. The second-order valence-corrected chi connectivity index (χ2v) is 8.72. The van der Waals surface area contributed by atoms with Crippen LogP contribution in [0, 0.1) is 0 Å². The van der Waals surface area contributed by atoms with Gasteiger partial charge in [-0.15, -0.1) is 0 Å². The van der Waals surface area contributed by atoms with Gasteiger partial charge in [0.15, 0.2) is 0 Å². The van der Waals surface area contributed by atoms with E-state index in [1.165, 1.54) is 11.3 Å². The van der Waals surface area contributed by atoms with E-state index in [1.807, 2.05) is 24.3 Å². The number of nitrogens with zero attached hydrogens (tertiary/aromatic N) is 3. The van der Waals surface area contributed by atoms with Gasteiger partial charge >= 0.3 is 0 Å². The number of benzene rings is 2. The molecule has 0 unspecified atom stereocenters. The average molecular weight is 425 g/mol. The van der Waals surface area contributed by atoms with Crippen molar-refractivity contribution >= 4 is 16.6 Å². The Labute approximate surface area is 188 Å². The number of hydrogen-bond donors (Lipinski definition) is 1. The summed E-state index contributed by atoms with van der Waals surface area (Å²) >= 11 is 0. The van der Waals surface area contributed by atoms with Crippen molar-refractivity contribution < 1.29 is 0 Å². The Balaban J connectivity index is 1.41. The SMILES string of the molecule is CC(C)N1CCN(c2ccc(-c3ccc4[nH]c(=O)c(-c5cccnc5)cc4c3)cc2)CC1. The molecule has 162 valence electrons. The van der Waals surface area contributed by atoms with Crippen LogP contribution in [0.3, 0.4) is 0 Å². The van der Waals surface area contributed by atoms with Gasteiger partial charge in [-0.2, -0.15) is 0 Å². The highest BCUT2D eigenvalue weighted by Crippen LogP contribution is 2.28. The van der Waals surface area contributed by atoms with Crippen LogP contribution >= 0.6 is 0 Å². The average Bonchev–Trinajstić information content (AvgIpc) is 2.84. The normalized spacial score (nSPS) is 14.9. The summed E-state index contributed by atoms with van der Waals surface area (Å²) in [4.78, 5) is 24.7. The van der Waals surface area contributed by atoms with Crippen molar-refractivity contribution in [3.05, 3.63) is 83.4 Å². The first kappa shape index (κ1) is 20.5. The molecule has 2 aromatic carbocycles. The van der Waals surface area contributed by atoms with E-state index >= 15 is 0 Å². The van der Waals surface area contributed by atoms with Crippen LogP contribution in [0.1, 0.15) is 13.8 Å². The maximum absolute atomic E-state index is 12.5. The molecule has 3 heterocycles. The molecule has 0 saturated carbocycles. The summed E-state index contributed by atoms with van der Waals surface area (Å²) in [5.41, 5.74) is 5.79. The number of nitrogens with one attached hydrogen (secondary N) is 1. The molecule has 0 amide bonds. The first-order valence-corrected chi connectivity index (χ1v) is 11.3. The van der Waals surface area contributed by atoms with Crippen molar-refractivity contribution in [2.45, 2.75) is 19.9 Å². The lowest BCUT2D eigenvalue weighted by Gasteiger charge is -2.38. The fraction of sp³-hybridized carbons (Fsp3) is 0.259. The predicted octanol–water partition coefficient (Wildman–Crippen LogP) is 4.79. The maximum Gasteiger partial charge on any atom is 0.256 e. The van der Waals surface area contributed by atoms with Crippen LogP contribution in [0.4, 0.5) is 5.69 Å². The Bertz CT molecular complexity index is 1270. The van der Waals surface area contributed by atoms with Gasteiger partial charge in [0.25, 0.3) is 5.56 Å². The number of fused-ring (bicyclic) bond motifs is 1. The number of anilines is 1. The van der Waals surface area contributed by atoms with Crippen LogP contribution in [0.2, 0.25) is 0 Å². The predicted molar refractivity (Wildman–Crippen MR) is 132 cm³/mol. The minimum atomic E-state index is -0.0971. The van der Waals surface area contributed by atoms with Gasteiger partial charge in [0.2, 0.25) is 0 Å². The quantitative estimate of drug-likeness (QED) is 0.512. The fourth-order valence-electron chi connectivity index (χ4n) is 4.48. The number of hydrogen-bond acceptors (Lipinski definition) is 4. The summed E-state index contributed by atoms with van der Waals surface area (Å²) in [5, 5.41) is 1.01. The molecule has 1 aliphatic heterocycles. The van der Waals surface area contributed by atoms with Gasteiger partial charge in [-0.05, 0) is 66.8 Å². The highest BCUT2D eigenvalue weighted by molar-refractivity contribution is 5.87. The molecule has 0 bridgehead atoms. The topological polar surface area (TPSA) is 52.2 Å². The second kappa shape index (κ2) is 8.60. The van der Waals surface area contributed by atoms with Gasteiger partial charge in [-0.1, -0.05) is 24.3 Å². The number of H-pyrrole nitrogens is 1. The zero-order chi connectivity index (χ0) is 22.1. The van der Waals surface area contributed by atoms with Crippen LogP contribution < -0.4 is 10.5 Å². The van der Waals surface area contributed by atoms with Crippen LogP contribution in [0.15, 0.2) is 77.9 Å². The molecule has 0 atom stereocenters. The third-order valence-corrected chi connectivity index (χ3v) is 6.43. The molecule has 0 spiro atoms. The van der Waals surface area contributed by atoms with E-state index in [0.717, 1.165) is 48.2 Å². The fourth-order valence-corrected chi connectivity index (χ4v) is 4.48. The molecule has 1 aliphatic rings. The Hall–Kier alpha value is -3.44. The minimum absolute atomic E-state index is 0.0971. The number of piperazine rings is 1. The van der Waals surface area contributed by atoms with Crippen LogP contribution in [0.25, 0.3) is 33.2 Å². The van der Waals surface area contributed by atoms with E-state index in [1.54, 1.807) is 12.4 Å². The van der Waals surface area contributed by atoms with Crippen molar-refractivity contribution in [1.29, 1.82) is 0 Å². The second-order valence-electron chi connectivity index (χ2n) is 8.72. The summed E-state index contributed by atoms with van der Waals surface area (Å²) in [7, 11) is 0. The summed E-state index contributed by atoms with van der Waals surface area (Å²) in [6.45, 7) is 8.89. The van der Waals surface area contributed by atoms with E-state index in [4.69, 9.17) is 0 Å². The summed E-state index contributed by atoms with van der Waals surface area (Å²) in [6.07, 6.45) is 3.44. The van der Waals surface area contributed by atoms with Crippen molar-refractivity contribution in [3.63, 3.8) is 0 Å². The standard InChI is InChI=1S/C27H28N4O/c1-19(2)30-12-14-31(15-13-30)24-8-5-20(6-9-24)21-7-10-26-23(16-21)17-25(27(32)29-26)22-4-3-11-28-18-22/h3-11,16-19H,12-15H2,1-2H3,(H,29,32). The lowest BCUT2D eigenvalue weighted by molar-refractivity contribution is 0.209. The lowest BCUT2D eigenvalue weighted by atomic mass is 10.0. The summed E-state index contributed by atoms with van der Waals surface area (Å²) in [6, 6.07) is 21.3. The van der Waals surface area contributed by atoms with Gasteiger partial charge in [-0.25, -0.2) is 0 Å². The third-order valence-electron chi connectivity index (χ3n) is 6.43. The van der Waals surface area contributed by atoms with Crippen molar-refractivity contribution in [1.82, 2.24) is 14.9 Å². The molecular weight excluding hydrogens is 396 g/mol. The van der Waals surface area contributed by atoms with Crippen molar-refractivity contribution in [3.8, 4) is 22.3 Å². The zero-order valence-electron chi connectivity index (χ0n) is 18.6. The molecule has 1 saturated heterocycles. The first-order chi connectivity index (χ1) is 15.6. The Morgan fingerprint density at radius 1 is 0.875 bits per heavy atom. The van der Waals surface area contributed by atoms with E-state index in [9.17, 15) is 4.79 Å². The molecule has 4 aromatic rings. The van der Waals surface area contributed by atoms with Gasteiger partial charge in [0.05, 0.1) is 0 Å². The Kier molecular flexibility index (Phi) is 5.50. The molecule has 5 nitrogen and oxygen atoms in total. The number of aromatic nitrogens is 2. The molecule has 0 radical (unpaired) electrons. The summed E-state index contributed by atoms with van der Waals surface area (Å²) < 4.78 is 0. The van der Waals surface area contributed by atoms with Crippen molar-refractivity contribution in [2.75, 3.05) is 31.1 Å². The maximum atomic E-state index is 12.5. The smallest absolute Gasteiger partial charge is 0.256 e. The minimum Gasteiger partial charge on any atom is -0.369 e. The Morgan fingerprint density at radius 2 is 1.62 bits per heavy atom.